The smallest absolute Gasteiger partial charge is 0.244 e. The maximum atomic E-state index is 12.6. The number of nitrogens with one attached hydrogen (secondary N) is 1. The molecule has 2 heterocycles. The summed E-state index contributed by atoms with van der Waals surface area (Å²) in [6, 6.07) is 4.75. The van der Waals surface area contributed by atoms with Crippen LogP contribution in [-0.2, 0) is 10.0 Å². The molecule has 6 nitrogen and oxygen atoms in total. The minimum absolute atomic E-state index is 0.0191. The van der Waals surface area contributed by atoms with Crippen LogP contribution in [0, 0.1) is 11.3 Å². The normalized spacial score (nSPS) is 20.5. The number of sulfonamides is 1. The second-order valence-corrected chi connectivity index (χ2v) is 6.70. The average molecular weight is 294 g/mol. The highest BCUT2D eigenvalue weighted by molar-refractivity contribution is 7.89. The first-order valence-corrected chi connectivity index (χ1v) is 8.06. The molecular weight excluding hydrogens is 276 g/mol. The first kappa shape index (κ1) is 14.9. The Morgan fingerprint density at radius 3 is 2.90 bits per heavy atom. The Bertz CT molecular complexity index is 590. The van der Waals surface area contributed by atoms with E-state index in [0.717, 1.165) is 19.3 Å². The summed E-state index contributed by atoms with van der Waals surface area (Å²) in [5, 5.41) is 11.8. The zero-order chi connectivity index (χ0) is 14.6. The van der Waals surface area contributed by atoms with Gasteiger partial charge in [-0.25, -0.2) is 13.4 Å². The molecule has 0 saturated carbocycles. The Labute approximate surface area is 119 Å². The van der Waals surface area contributed by atoms with Crippen molar-refractivity contribution in [3.63, 3.8) is 0 Å². The monoisotopic (exact) mass is 294 g/mol. The lowest BCUT2D eigenvalue weighted by molar-refractivity contribution is 0.249. The summed E-state index contributed by atoms with van der Waals surface area (Å²) in [7, 11) is -1.71. The molecule has 20 heavy (non-hydrogen) atoms. The van der Waals surface area contributed by atoms with E-state index in [1.54, 1.807) is 4.31 Å². The zero-order valence-corrected chi connectivity index (χ0v) is 12.2. The number of hydrogen-bond acceptors (Lipinski definition) is 5. The van der Waals surface area contributed by atoms with Gasteiger partial charge in [-0.05, 0) is 32.0 Å². The third kappa shape index (κ3) is 2.98. The topological polar surface area (TPSA) is 86.1 Å². The minimum Gasteiger partial charge on any atom is -0.318 e. The summed E-state index contributed by atoms with van der Waals surface area (Å²) in [6.45, 7) is 1.18. The van der Waals surface area contributed by atoms with Gasteiger partial charge in [0.2, 0.25) is 10.0 Å². The molecule has 0 bridgehead atoms. The molecular formula is C13H18N4O2S. The molecule has 1 saturated heterocycles. The van der Waals surface area contributed by atoms with Crippen molar-refractivity contribution in [3.8, 4) is 6.07 Å². The SMILES string of the molecule is CNCC1CCCCN1S(=O)(=O)c1ccc(C#N)nc1. The van der Waals surface area contributed by atoms with Gasteiger partial charge in [0.15, 0.2) is 0 Å². The van der Waals surface area contributed by atoms with Gasteiger partial charge in [0.1, 0.15) is 16.7 Å². The van der Waals surface area contributed by atoms with E-state index in [2.05, 4.69) is 10.3 Å². The number of piperidine rings is 1. The Kier molecular flexibility index (Phi) is 4.70. The van der Waals surface area contributed by atoms with Crippen LogP contribution < -0.4 is 5.32 Å². The van der Waals surface area contributed by atoms with Gasteiger partial charge in [0.25, 0.3) is 0 Å². The van der Waals surface area contributed by atoms with Crippen LogP contribution in [0.15, 0.2) is 23.2 Å². The fraction of sp³-hybridized carbons (Fsp3) is 0.538. The van der Waals surface area contributed by atoms with Crippen LogP contribution in [-0.4, -0.2) is 43.9 Å². The molecule has 0 spiro atoms. The molecule has 1 aliphatic heterocycles. The lowest BCUT2D eigenvalue weighted by atomic mass is 10.1. The van der Waals surface area contributed by atoms with Crippen molar-refractivity contribution in [2.24, 2.45) is 0 Å². The number of nitrogens with zero attached hydrogens (tertiary/aromatic N) is 3. The molecule has 1 N–H and O–H groups in total. The molecule has 1 aromatic rings. The highest BCUT2D eigenvalue weighted by Gasteiger charge is 2.33. The first-order valence-electron chi connectivity index (χ1n) is 6.62. The van der Waals surface area contributed by atoms with Crippen molar-refractivity contribution in [3.05, 3.63) is 24.0 Å². The molecule has 0 aliphatic carbocycles. The molecule has 2 rings (SSSR count). The van der Waals surface area contributed by atoms with Gasteiger partial charge in [-0.3, -0.25) is 0 Å². The van der Waals surface area contributed by atoms with Gasteiger partial charge >= 0.3 is 0 Å². The first-order chi connectivity index (χ1) is 9.59. The van der Waals surface area contributed by atoms with E-state index >= 15 is 0 Å². The molecule has 108 valence electrons. The Balaban J connectivity index is 2.29. The van der Waals surface area contributed by atoms with E-state index in [4.69, 9.17) is 5.26 Å². The van der Waals surface area contributed by atoms with Gasteiger partial charge in [-0.1, -0.05) is 6.42 Å². The summed E-state index contributed by atoms with van der Waals surface area (Å²) >= 11 is 0. The fourth-order valence-corrected chi connectivity index (χ4v) is 4.10. The van der Waals surface area contributed by atoms with Crippen LogP contribution in [0.3, 0.4) is 0 Å². The van der Waals surface area contributed by atoms with Crippen LogP contribution in [0.25, 0.3) is 0 Å². The molecule has 7 heteroatoms. The molecule has 0 amide bonds. The molecule has 1 aliphatic rings. The van der Waals surface area contributed by atoms with Crippen molar-refractivity contribution in [1.82, 2.24) is 14.6 Å². The number of rotatable bonds is 4. The lowest BCUT2D eigenvalue weighted by Gasteiger charge is -2.34. The van der Waals surface area contributed by atoms with Crippen LogP contribution >= 0.6 is 0 Å². The maximum absolute atomic E-state index is 12.6. The van der Waals surface area contributed by atoms with E-state index in [1.807, 2.05) is 13.1 Å². The van der Waals surface area contributed by atoms with E-state index < -0.39 is 10.0 Å². The van der Waals surface area contributed by atoms with Crippen molar-refractivity contribution < 1.29 is 8.42 Å². The molecule has 0 radical (unpaired) electrons. The lowest BCUT2D eigenvalue weighted by Crippen LogP contribution is -2.47. The van der Waals surface area contributed by atoms with Crippen LogP contribution in [0.5, 0.6) is 0 Å². The van der Waals surface area contributed by atoms with Crippen LogP contribution in [0.4, 0.5) is 0 Å². The predicted octanol–water partition coefficient (Wildman–Crippen LogP) is 0.716. The second kappa shape index (κ2) is 6.31. The number of pyridine rings is 1. The number of aromatic nitrogens is 1. The predicted molar refractivity (Wildman–Crippen MR) is 74.4 cm³/mol. The van der Waals surface area contributed by atoms with E-state index in [1.165, 1.54) is 18.3 Å². The molecule has 1 atom stereocenters. The van der Waals surface area contributed by atoms with Gasteiger partial charge in [0, 0.05) is 25.3 Å². The summed E-state index contributed by atoms with van der Waals surface area (Å²) in [6.07, 6.45) is 4.05. The van der Waals surface area contributed by atoms with Crippen molar-refractivity contribution in [2.45, 2.75) is 30.2 Å². The van der Waals surface area contributed by atoms with Crippen molar-refractivity contribution in [2.75, 3.05) is 20.1 Å². The molecule has 1 unspecified atom stereocenters. The average Bonchev–Trinajstić information content (AvgIpc) is 2.48. The summed E-state index contributed by atoms with van der Waals surface area (Å²) < 4.78 is 26.8. The van der Waals surface area contributed by atoms with Crippen LogP contribution in [0.2, 0.25) is 0 Å². The van der Waals surface area contributed by atoms with E-state index in [-0.39, 0.29) is 16.6 Å². The summed E-state index contributed by atoms with van der Waals surface area (Å²) in [4.78, 5) is 4.00. The maximum Gasteiger partial charge on any atom is 0.244 e. The fourth-order valence-electron chi connectivity index (χ4n) is 2.46. The van der Waals surface area contributed by atoms with Crippen molar-refractivity contribution in [1.29, 1.82) is 5.26 Å². The van der Waals surface area contributed by atoms with Gasteiger partial charge < -0.3 is 5.32 Å². The van der Waals surface area contributed by atoms with Gasteiger partial charge in [0.05, 0.1) is 0 Å². The zero-order valence-electron chi connectivity index (χ0n) is 11.4. The van der Waals surface area contributed by atoms with Crippen LogP contribution in [0.1, 0.15) is 25.0 Å². The van der Waals surface area contributed by atoms with E-state index in [0.29, 0.717) is 13.1 Å². The second-order valence-electron chi connectivity index (χ2n) is 4.81. The third-order valence-corrected chi connectivity index (χ3v) is 5.41. The Morgan fingerprint density at radius 2 is 2.30 bits per heavy atom. The van der Waals surface area contributed by atoms with E-state index in [9.17, 15) is 8.42 Å². The highest BCUT2D eigenvalue weighted by Crippen LogP contribution is 2.24. The Morgan fingerprint density at radius 1 is 1.50 bits per heavy atom. The minimum atomic E-state index is -3.54. The van der Waals surface area contributed by atoms with Gasteiger partial charge in [-0.15, -0.1) is 0 Å². The molecule has 1 fully saturated rings. The summed E-state index contributed by atoms with van der Waals surface area (Å²) in [5.41, 5.74) is 0.217. The third-order valence-electron chi connectivity index (χ3n) is 3.47. The number of hydrogen-bond donors (Lipinski definition) is 1. The standard InChI is InChI=1S/C13H18N4O2S/c1-15-9-12-4-2-3-7-17(12)20(18,19)13-6-5-11(8-14)16-10-13/h5-6,10,12,15H,2-4,7,9H2,1H3. The summed E-state index contributed by atoms with van der Waals surface area (Å²) in [5.74, 6) is 0. The number of nitriles is 1. The Hall–Kier alpha value is -1.49. The molecule has 1 aromatic heterocycles. The molecule has 0 aromatic carbocycles. The quantitative estimate of drug-likeness (QED) is 0.884. The van der Waals surface area contributed by atoms with Gasteiger partial charge in [-0.2, -0.15) is 9.57 Å². The number of likely N-dealkylation sites (N-methyl/N-ethyl adjacent to an activating group) is 1. The van der Waals surface area contributed by atoms with Crippen molar-refractivity contribution >= 4 is 10.0 Å². The largest absolute Gasteiger partial charge is 0.318 e. The highest BCUT2D eigenvalue weighted by atomic mass is 32.2.